The fourth-order valence-corrected chi connectivity index (χ4v) is 3.45. The quantitative estimate of drug-likeness (QED) is 0.433. The van der Waals surface area contributed by atoms with Crippen LogP contribution in [-0.2, 0) is 4.79 Å². The van der Waals surface area contributed by atoms with Gasteiger partial charge in [0, 0.05) is 15.3 Å². The van der Waals surface area contributed by atoms with E-state index in [1.165, 1.54) is 25.3 Å². The molecule has 0 amide bonds. The van der Waals surface area contributed by atoms with Gasteiger partial charge in [-0.1, -0.05) is 30.3 Å². The molecule has 0 unspecified atom stereocenters. The number of carbonyl (C=O) groups is 2. The third-order valence-electron chi connectivity index (χ3n) is 3.88. The number of hydrogen-bond acceptors (Lipinski definition) is 6. The van der Waals surface area contributed by atoms with Gasteiger partial charge in [0.25, 0.3) is 0 Å². The van der Waals surface area contributed by atoms with E-state index in [-0.39, 0.29) is 17.3 Å². The summed E-state index contributed by atoms with van der Waals surface area (Å²) in [5.41, 5.74) is 1.55. The van der Waals surface area contributed by atoms with Crippen molar-refractivity contribution in [1.29, 1.82) is 0 Å². The molecule has 0 aliphatic heterocycles. The molecule has 0 aliphatic carbocycles. The second kappa shape index (κ2) is 9.01. The van der Waals surface area contributed by atoms with Gasteiger partial charge in [-0.05, 0) is 48.0 Å². The van der Waals surface area contributed by atoms with Crippen LogP contribution in [0.15, 0.2) is 66.7 Å². The molecule has 0 fully saturated rings. The number of ether oxygens (including phenoxy) is 2. The van der Waals surface area contributed by atoms with Crippen LogP contribution in [0.5, 0.6) is 11.5 Å². The summed E-state index contributed by atoms with van der Waals surface area (Å²) in [6.07, 6.45) is 3.27. The van der Waals surface area contributed by atoms with Crippen LogP contribution < -0.4 is 14.6 Å². The largest absolute Gasteiger partial charge is 0.546 e. The third kappa shape index (κ3) is 4.86. The van der Waals surface area contributed by atoms with E-state index in [2.05, 4.69) is 0 Å². The number of carboxylic acids is 1. The lowest BCUT2D eigenvalue weighted by molar-refractivity contribution is -0.307. The first-order valence-electron chi connectivity index (χ1n) is 8.45. The van der Waals surface area contributed by atoms with Crippen LogP contribution in [0.4, 0.5) is 0 Å². The summed E-state index contributed by atoms with van der Waals surface area (Å²) in [5, 5.41) is 10.5. The number of rotatable bonds is 8. The van der Waals surface area contributed by atoms with E-state index in [9.17, 15) is 14.7 Å². The molecule has 3 aromatic rings. The van der Waals surface area contributed by atoms with Gasteiger partial charge >= 0.3 is 0 Å². The molecule has 0 spiro atoms. The van der Waals surface area contributed by atoms with Gasteiger partial charge < -0.3 is 19.4 Å². The van der Waals surface area contributed by atoms with E-state index >= 15 is 0 Å². The van der Waals surface area contributed by atoms with Crippen molar-refractivity contribution < 1.29 is 24.2 Å². The maximum absolute atomic E-state index is 12.5. The van der Waals surface area contributed by atoms with Crippen LogP contribution in [0.1, 0.15) is 15.2 Å². The second-order valence-corrected chi connectivity index (χ2v) is 6.91. The smallest absolute Gasteiger partial charge is 0.186 e. The molecule has 142 valence electrons. The number of hydrogen-bond donors (Lipinski definition) is 0. The zero-order chi connectivity index (χ0) is 19.9. The van der Waals surface area contributed by atoms with Crippen molar-refractivity contribution in [3.05, 3.63) is 77.2 Å². The van der Waals surface area contributed by atoms with E-state index < -0.39 is 12.6 Å². The lowest BCUT2D eigenvalue weighted by Gasteiger charge is -2.11. The summed E-state index contributed by atoms with van der Waals surface area (Å²) in [4.78, 5) is 25.1. The minimum absolute atomic E-state index is 0.195. The van der Waals surface area contributed by atoms with E-state index in [4.69, 9.17) is 9.47 Å². The van der Waals surface area contributed by atoms with Gasteiger partial charge in [0.2, 0.25) is 0 Å². The molecule has 0 saturated heterocycles. The van der Waals surface area contributed by atoms with Crippen molar-refractivity contribution in [3.63, 3.8) is 0 Å². The first-order valence-corrected chi connectivity index (χ1v) is 9.27. The summed E-state index contributed by atoms with van der Waals surface area (Å²) in [6.45, 7) is -0.592. The Balaban J connectivity index is 1.72. The highest BCUT2D eigenvalue weighted by Crippen LogP contribution is 2.30. The predicted octanol–water partition coefficient (Wildman–Crippen LogP) is 3.45. The highest BCUT2D eigenvalue weighted by molar-refractivity contribution is 7.16. The first-order chi connectivity index (χ1) is 13.6. The summed E-state index contributed by atoms with van der Waals surface area (Å²) in [7, 11) is 1.42. The SMILES string of the molecule is COc1cc(C(=O)/C=C/c2ccc(-c3ccccc3)s2)ccc1OCC(=O)[O-]. The Labute approximate surface area is 166 Å². The topological polar surface area (TPSA) is 75.7 Å². The van der Waals surface area contributed by atoms with Crippen molar-refractivity contribution in [2.75, 3.05) is 13.7 Å². The number of benzene rings is 2. The number of carbonyl (C=O) groups excluding carboxylic acids is 2. The molecule has 6 heteroatoms. The van der Waals surface area contributed by atoms with Crippen molar-refractivity contribution in [3.8, 4) is 21.9 Å². The Bertz CT molecular complexity index is 1000. The Kier molecular flexibility index (Phi) is 6.24. The van der Waals surface area contributed by atoms with Crippen LogP contribution in [0.2, 0.25) is 0 Å². The number of aliphatic carboxylic acids is 1. The Morgan fingerprint density at radius 3 is 2.54 bits per heavy atom. The lowest BCUT2D eigenvalue weighted by Crippen LogP contribution is -2.29. The van der Waals surface area contributed by atoms with Crippen LogP contribution in [0.25, 0.3) is 16.5 Å². The number of thiophene rings is 1. The molecule has 0 aliphatic rings. The Morgan fingerprint density at radius 2 is 1.82 bits per heavy atom. The summed E-state index contributed by atoms with van der Waals surface area (Å²) >= 11 is 1.60. The minimum Gasteiger partial charge on any atom is -0.546 e. The molecular weight excluding hydrogens is 376 g/mol. The van der Waals surface area contributed by atoms with E-state index in [1.54, 1.807) is 23.5 Å². The molecule has 0 radical (unpaired) electrons. The van der Waals surface area contributed by atoms with Gasteiger partial charge in [0.1, 0.15) is 6.61 Å². The van der Waals surface area contributed by atoms with Crippen LogP contribution in [-0.4, -0.2) is 25.5 Å². The fraction of sp³-hybridized carbons (Fsp3) is 0.0909. The maximum atomic E-state index is 12.5. The van der Waals surface area contributed by atoms with Crippen molar-refractivity contribution in [2.45, 2.75) is 0 Å². The highest BCUT2D eigenvalue weighted by Gasteiger charge is 2.10. The standard InChI is InChI=1S/C22H18O5S/c1-26-20-13-16(7-11-19(20)27-14-22(24)25)18(23)10-8-17-9-12-21(28-17)15-5-3-2-4-6-15/h2-13H,14H2,1H3,(H,24,25)/p-1/b10-8+. The summed E-state index contributed by atoms with van der Waals surface area (Å²) < 4.78 is 10.3. The lowest BCUT2D eigenvalue weighted by atomic mass is 10.1. The zero-order valence-electron chi connectivity index (χ0n) is 15.1. The Morgan fingerprint density at radius 1 is 1.04 bits per heavy atom. The van der Waals surface area contributed by atoms with E-state index in [1.807, 2.05) is 42.5 Å². The summed E-state index contributed by atoms with van der Waals surface area (Å²) in [6, 6.07) is 18.6. The molecule has 28 heavy (non-hydrogen) atoms. The highest BCUT2D eigenvalue weighted by atomic mass is 32.1. The van der Waals surface area contributed by atoms with E-state index in [0.29, 0.717) is 5.56 Å². The molecule has 0 bridgehead atoms. The minimum atomic E-state index is -1.34. The summed E-state index contributed by atoms with van der Waals surface area (Å²) in [5.74, 6) is -1.02. The fourth-order valence-electron chi connectivity index (χ4n) is 2.53. The average molecular weight is 393 g/mol. The van der Waals surface area contributed by atoms with Gasteiger partial charge in [0.15, 0.2) is 17.3 Å². The molecule has 0 N–H and O–H groups in total. The molecule has 1 heterocycles. The molecule has 0 atom stereocenters. The van der Waals surface area contributed by atoms with Crippen LogP contribution in [0.3, 0.4) is 0 Å². The van der Waals surface area contributed by atoms with Gasteiger partial charge in [-0.2, -0.15) is 0 Å². The molecular formula is C22H17O5S-. The number of carboxylic acid groups (broad SMARTS) is 1. The van der Waals surface area contributed by atoms with Crippen LogP contribution >= 0.6 is 11.3 Å². The van der Waals surface area contributed by atoms with Gasteiger partial charge in [-0.25, -0.2) is 0 Å². The first kappa shape index (κ1) is 19.4. The number of allylic oxidation sites excluding steroid dienone is 1. The van der Waals surface area contributed by atoms with E-state index in [0.717, 1.165) is 15.3 Å². The van der Waals surface area contributed by atoms with Crippen LogP contribution in [0, 0.1) is 0 Å². The monoisotopic (exact) mass is 393 g/mol. The normalized spacial score (nSPS) is 10.8. The molecule has 0 saturated carbocycles. The third-order valence-corrected chi connectivity index (χ3v) is 4.98. The average Bonchev–Trinajstić information content (AvgIpc) is 3.20. The Hall–Kier alpha value is -3.38. The maximum Gasteiger partial charge on any atom is 0.186 e. The van der Waals surface area contributed by atoms with Crippen molar-refractivity contribution in [2.24, 2.45) is 0 Å². The van der Waals surface area contributed by atoms with Gasteiger partial charge in [0.05, 0.1) is 13.1 Å². The zero-order valence-corrected chi connectivity index (χ0v) is 15.9. The molecule has 1 aromatic heterocycles. The number of ketones is 1. The molecule has 2 aromatic carbocycles. The van der Waals surface area contributed by atoms with Gasteiger partial charge in [-0.15, -0.1) is 11.3 Å². The molecule has 5 nitrogen and oxygen atoms in total. The number of methoxy groups -OCH3 is 1. The second-order valence-electron chi connectivity index (χ2n) is 5.79. The molecule has 3 rings (SSSR count). The van der Waals surface area contributed by atoms with Crippen molar-refractivity contribution in [1.82, 2.24) is 0 Å². The van der Waals surface area contributed by atoms with Gasteiger partial charge in [-0.3, -0.25) is 4.79 Å². The van der Waals surface area contributed by atoms with Crippen molar-refractivity contribution >= 4 is 29.2 Å². The predicted molar refractivity (Wildman–Crippen MR) is 107 cm³/mol.